The molecule has 1 unspecified atom stereocenters. The van der Waals surface area contributed by atoms with Gasteiger partial charge in [0.1, 0.15) is 5.82 Å². The molecule has 0 saturated carbocycles. The van der Waals surface area contributed by atoms with Crippen LogP contribution in [-0.4, -0.2) is 0 Å². The summed E-state index contributed by atoms with van der Waals surface area (Å²) in [7, 11) is 0. The molecule has 1 aliphatic rings. The molecule has 0 aliphatic heterocycles. The number of halogens is 3. The van der Waals surface area contributed by atoms with Crippen LogP contribution in [0, 0.1) is 5.82 Å². The average Bonchev–Trinajstić information content (AvgIpc) is 2.75. The second kappa shape index (κ2) is 5.43. The number of nitrogens with one attached hydrogen (secondary N) is 1. The highest BCUT2D eigenvalue weighted by Gasteiger charge is 2.22. The lowest BCUT2D eigenvalue weighted by Gasteiger charge is -2.24. The Balaban J connectivity index is 1.86. The van der Waals surface area contributed by atoms with E-state index in [1.807, 2.05) is 6.07 Å². The van der Waals surface area contributed by atoms with Gasteiger partial charge < -0.3 is 5.32 Å². The standard InChI is InChI=1S/C14H12BrClFNS/c15-14-7-9-12(2-1-3-13(9)19-14)18-8-4-5-10(16)11(17)6-8/h4-7,12,18H,1-3H2. The third-order valence-electron chi connectivity index (χ3n) is 3.34. The maximum Gasteiger partial charge on any atom is 0.143 e. The van der Waals surface area contributed by atoms with Gasteiger partial charge in [-0.25, -0.2) is 4.39 Å². The van der Waals surface area contributed by atoms with Crippen molar-refractivity contribution < 1.29 is 4.39 Å². The lowest BCUT2D eigenvalue weighted by Crippen LogP contribution is -2.15. The van der Waals surface area contributed by atoms with Crippen molar-refractivity contribution >= 4 is 44.6 Å². The predicted molar refractivity (Wildman–Crippen MR) is 82.7 cm³/mol. The molecule has 0 spiro atoms. The van der Waals surface area contributed by atoms with Crippen LogP contribution in [0.4, 0.5) is 10.1 Å². The van der Waals surface area contributed by atoms with Crippen LogP contribution in [0.2, 0.25) is 5.02 Å². The summed E-state index contributed by atoms with van der Waals surface area (Å²) in [5.74, 6) is -0.380. The lowest BCUT2D eigenvalue weighted by molar-refractivity contribution is 0.605. The van der Waals surface area contributed by atoms with E-state index in [-0.39, 0.29) is 16.9 Å². The van der Waals surface area contributed by atoms with Crippen LogP contribution in [0.15, 0.2) is 28.1 Å². The molecular weight excluding hydrogens is 349 g/mol. The first-order valence-electron chi connectivity index (χ1n) is 6.13. The van der Waals surface area contributed by atoms with Crippen molar-refractivity contribution in [3.05, 3.63) is 49.3 Å². The Morgan fingerprint density at radius 2 is 2.21 bits per heavy atom. The van der Waals surface area contributed by atoms with Gasteiger partial charge in [-0.15, -0.1) is 11.3 Å². The van der Waals surface area contributed by atoms with Crippen molar-refractivity contribution in [2.75, 3.05) is 5.32 Å². The molecule has 1 aliphatic carbocycles. The monoisotopic (exact) mass is 359 g/mol. The summed E-state index contributed by atoms with van der Waals surface area (Å²) in [6.45, 7) is 0. The summed E-state index contributed by atoms with van der Waals surface area (Å²) in [6, 6.07) is 7.29. The van der Waals surface area contributed by atoms with Crippen LogP contribution in [-0.2, 0) is 6.42 Å². The van der Waals surface area contributed by atoms with Crippen molar-refractivity contribution in [3.63, 3.8) is 0 Å². The average molecular weight is 361 g/mol. The largest absolute Gasteiger partial charge is 0.378 e. The molecule has 1 atom stereocenters. The highest BCUT2D eigenvalue weighted by molar-refractivity contribution is 9.11. The normalized spacial score (nSPS) is 18.2. The minimum Gasteiger partial charge on any atom is -0.378 e. The number of hydrogen-bond donors (Lipinski definition) is 1. The van der Waals surface area contributed by atoms with Gasteiger partial charge >= 0.3 is 0 Å². The van der Waals surface area contributed by atoms with Crippen LogP contribution in [0.1, 0.15) is 29.3 Å². The predicted octanol–water partition coefficient (Wildman–Crippen LogP) is 5.79. The van der Waals surface area contributed by atoms with Crippen LogP contribution in [0.5, 0.6) is 0 Å². The molecule has 1 heterocycles. The van der Waals surface area contributed by atoms with Gasteiger partial charge in [-0.05, 0) is 65.0 Å². The highest BCUT2D eigenvalue weighted by Crippen LogP contribution is 2.39. The quantitative estimate of drug-likeness (QED) is 0.714. The molecule has 1 aromatic carbocycles. The van der Waals surface area contributed by atoms with E-state index >= 15 is 0 Å². The number of benzene rings is 1. The van der Waals surface area contributed by atoms with E-state index in [0.29, 0.717) is 0 Å². The molecule has 2 aromatic rings. The topological polar surface area (TPSA) is 12.0 Å². The molecule has 0 fully saturated rings. The van der Waals surface area contributed by atoms with E-state index < -0.39 is 0 Å². The van der Waals surface area contributed by atoms with E-state index in [1.54, 1.807) is 17.4 Å². The minimum absolute atomic E-state index is 0.160. The Morgan fingerprint density at radius 3 is 3.00 bits per heavy atom. The van der Waals surface area contributed by atoms with Gasteiger partial charge in [0.15, 0.2) is 0 Å². The SMILES string of the molecule is Fc1cc(NC2CCCc3sc(Br)cc32)ccc1Cl. The van der Waals surface area contributed by atoms with Crippen molar-refractivity contribution in [3.8, 4) is 0 Å². The van der Waals surface area contributed by atoms with Crippen molar-refractivity contribution in [1.29, 1.82) is 0 Å². The zero-order chi connectivity index (χ0) is 13.4. The number of anilines is 1. The number of aryl methyl sites for hydroxylation is 1. The number of thiophene rings is 1. The Labute approximate surface area is 128 Å². The molecule has 19 heavy (non-hydrogen) atoms. The summed E-state index contributed by atoms with van der Waals surface area (Å²) in [6.07, 6.45) is 3.37. The first-order chi connectivity index (χ1) is 9.13. The molecule has 0 bridgehead atoms. The molecular formula is C14H12BrClFNS. The molecule has 1 N–H and O–H groups in total. The maximum atomic E-state index is 13.5. The molecule has 100 valence electrons. The Bertz CT molecular complexity index is 613. The second-order valence-corrected chi connectivity index (χ2v) is 7.57. The second-order valence-electron chi connectivity index (χ2n) is 4.65. The van der Waals surface area contributed by atoms with Gasteiger partial charge in [0.2, 0.25) is 0 Å². The Morgan fingerprint density at radius 1 is 1.37 bits per heavy atom. The summed E-state index contributed by atoms with van der Waals surface area (Å²) in [4.78, 5) is 1.42. The van der Waals surface area contributed by atoms with Gasteiger partial charge in [0, 0.05) is 10.6 Å². The number of fused-ring (bicyclic) bond motifs is 1. The lowest BCUT2D eigenvalue weighted by atomic mass is 9.94. The van der Waals surface area contributed by atoms with Gasteiger partial charge in [0.25, 0.3) is 0 Å². The number of hydrogen-bond acceptors (Lipinski definition) is 2. The van der Waals surface area contributed by atoms with Crippen molar-refractivity contribution in [2.45, 2.75) is 25.3 Å². The number of rotatable bonds is 2. The van der Waals surface area contributed by atoms with Crippen molar-refractivity contribution in [2.24, 2.45) is 0 Å². The van der Waals surface area contributed by atoms with Gasteiger partial charge in [0.05, 0.1) is 14.9 Å². The summed E-state index contributed by atoms with van der Waals surface area (Å²) >= 11 is 11.0. The molecule has 0 saturated heterocycles. The highest BCUT2D eigenvalue weighted by atomic mass is 79.9. The fourth-order valence-electron chi connectivity index (χ4n) is 2.46. The van der Waals surface area contributed by atoms with Crippen LogP contribution >= 0.6 is 38.9 Å². The Kier molecular flexibility index (Phi) is 3.83. The van der Waals surface area contributed by atoms with E-state index in [0.717, 1.165) is 28.7 Å². The summed E-state index contributed by atoms with van der Waals surface area (Å²) < 4.78 is 14.6. The first-order valence-corrected chi connectivity index (χ1v) is 8.12. The molecule has 0 radical (unpaired) electrons. The molecule has 5 heteroatoms. The summed E-state index contributed by atoms with van der Waals surface area (Å²) in [5.41, 5.74) is 2.11. The third kappa shape index (κ3) is 2.81. The van der Waals surface area contributed by atoms with Gasteiger partial charge in [-0.3, -0.25) is 0 Å². The van der Waals surface area contributed by atoms with E-state index in [1.165, 1.54) is 16.5 Å². The zero-order valence-corrected chi connectivity index (χ0v) is 13.2. The summed E-state index contributed by atoms with van der Waals surface area (Å²) in [5, 5.41) is 3.57. The molecule has 1 aromatic heterocycles. The van der Waals surface area contributed by atoms with Crippen molar-refractivity contribution in [1.82, 2.24) is 0 Å². The molecule has 0 amide bonds. The van der Waals surface area contributed by atoms with E-state index in [4.69, 9.17) is 11.6 Å². The van der Waals surface area contributed by atoms with Crippen LogP contribution in [0.25, 0.3) is 0 Å². The van der Waals surface area contributed by atoms with E-state index in [9.17, 15) is 4.39 Å². The van der Waals surface area contributed by atoms with E-state index in [2.05, 4.69) is 27.3 Å². The van der Waals surface area contributed by atoms with Gasteiger partial charge in [-0.1, -0.05) is 11.6 Å². The first kappa shape index (κ1) is 13.4. The van der Waals surface area contributed by atoms with Gasteiger partial charge in [-0.2, -0.15) is 0 Å². The zero-order valence-electron chi connectivity index (χ0n) is 10.1. The fourth-order valence-corrected chi connectivity index (χ4v) is 4.40. The third-order valence-corrected chi connectivity index (χ3v) is 5.36. The smallest absolute Gasteiger partial charge is 0.143 e. The fraction of sp³-hybridized carbons (Fsp3) is 0.286. The van der Waals surface area contributed by atoms with Crippen LogP contribution < -0.4 is 5.32 Å². The molecule has 3 rings (SSSR count). The van der Waals surface area contributed by atoms with Crippen LogP contribution in [0.3, 0.4) is 0 Å². The maximum absolute atomic E-state index is 13.5. The Hall–Kier alpha value is -0.580. The minimum atomic E-state index is -0.380. The molecule has 1 nitrogen and oxygen atoms in total.